The van der Waals surface area contributed by atoms with Crippen molar-refractivity contribution in [3.63, 3.8) is 0 Å². The molecule has 1 saturated heterocycles. The maximum Gasteiger partial charge on any atom is 0.337 e. The second kappa shape index (κ2) is 6.11. The number of nitrogens with zero attached hydrogens (tertiary/aromatic N) is 1. The molecule has 0 aliphatic carbocycles. The molecule has 0 spiro atoms. The lowest BCUT2D eigenvalue weighted by Crippen LogP contribution is -2.19. The highest BCUT2D eigenvalue weighted by molar-refractivity contribution is 6.10. The van der Waals surface area contributed by atoms with Crippen LogP contribution in [0.1, 0.15) is 29.2 Å². The van der Waals surface area contributed by atoms with Gasteiger partial charge in [0.05, 0.1) is 23.7 Å². The Morgan fingerprint density at radius 1 is 1.16 bits per heavy atom. The normalized spacial score (nSPS) is 15.8. The van der Waals surface area contributed by atoms with Gasteiger partial charge in [-0.25, -0.2) is 13.6 Å². The molecule has 0 saturated carbocycles. The molecule has 0 unspecified atom stereocenters. The van der Waals surface area contributed by atoms with E-state index in [9.17, 15) is 13.6 Å². The zero-order chi connectivity index (χ0) is 17.6. The first-order chi connectivity index (χ1) is 12.1. The van der Waals surface area contributed by atoms with Gasteiger partial charge in [0.2, 0.25) is 0 Å². The smallest absolute Gasteiger partial charge is 0.337 e. The Morgan fingerprint density at radius 2 is 1.92 bits per heavy atom. The van der Waals surface area contributed by atoms with Crippen LogP contribution in [0.4, 0.5) is 8.78 Å². The highest BCUT2D eigenvalue weighted by atomic mass is 19.1. The summed E-state index contributed by atoms with van der Waals surface area (Å²) in [6.45, 7) is 1.20. The van der Waals surface area contributed by atoms with E-state index in [0.717, 1.165) is 18.9 Å². The maximum atomic E-state index is 14.5. The second-order valence-electron chi connectivity index (χ2n) is 6.22. The number of hydrogen-bond acceptors (Lipinski definition) is 3. The van der Waals surface area contributed by atoms with E-state index in [2.05, 4.69) is 0 Å². The van der Waals surface area contributed by atoms with Crippen LogP contribution in [0, 0.1) is 11.6 Å². The number of halogens is 2. The van der Waals surface area contributed by atoms with Crippen LogP contribution in [0.2, 0.25) is 0 Å². The summed E-state index contributed by atoms with van der Waals surface area (Å²) < 4.78 is 40.5. The molecule has 2 heterocycles. The summed E-state index contributed by atoms with van der Waals surface area (Å²) in [5.41, 5.74) is 1.59. The van der Waals surface area contributed by atoms with Crippen LogP contribution in [0.15, 0.2) is 30.3 Å². The Balaban J connectivity index is 2.06. The predicted octanol–water partition coefficient (Wildman–Crippen LogP) is 4.21. The molecule has 0 atom stereocenters. The van der Waals surface area contributed by atoms with Gasteiger partial charge in [-0.05, 0) is 31.0 Å². The summed E-state index contributed by atoms with van der Waals surface area (Å²) in [4.78, 5) is 11.9. The molecule has 0 amide bonds. The summed E-state index contributed by atoms with van der Waals surface area (Å²) in [5.74, 6) is -1.68. The standard InChI is InChI=1S/C19H17F2NO3/c1-24-19(23)11-2-3-14-16(8-11)22(13-4-6-25-7-5-13)17-10-12(20)9-15(21)18(14)17/h2-3,8-10,13H,4-7H2,1H3. The monoisotopic (exact) mass is 345 g/mol. The van der Waals surface area contributed by atoms with Gasteiger partial charge in [0.25, 0.3) is 0 Å². The van der Waals surface area contributed by atoms with Crippen LogP contribution < -0.4 is 0 Å². The van der Waals surface area contributed by atoms with E-state index in [1.54, 1.807) is 18.2 Å². The molecule has 1 aromatic heterocycles. The molecule has 4 rings (SSSR count). The number of fused-ring (bicyclic) bond motifs is 3. The number of carbonyl (C=O) groups excluding carboxylic acids is 1. The molecule has 1 aliphatic heterocycles. The molecule has 25 heavy (non-hydrogen) atoms. The first kappa shape index (κ1) is 16.0. The van der Waals surface area contributed by atoms with Crippen molar-refractivity contribution in [1.29, 1.82) is 0 Å². The molecule has 4 nitrogen and oxygen atoms in total. The number of hydrogen-bond donors (Lipinski definition) is 0. The summed E-state index contributed by atoms with van der Waals surface area (Å²) in [6.07, 6.45) is 1.50. The molecule has 0 N–H and O–H groups in total. The van der Waals surface area contributed by atoms with Crippen molar-refractivity contribution >= 4 is 27.8 Å². The van der Waals surface area contributed by atoms with E-state index in [0.29, 0.717) is 40.6 Å². The molecular formula is C19H17F2NO3. The van der Waals surface area contributed by atoms with Crippen molar-refractivity contribution in [2.75, 3.05) is 20.3 Å². The molecule has 0 bridgehead atoms. The first-order valence-corrected chi connectivity index (χ1v) is 8.19. The lowest BCUT2D eigenvalue weighted by atomic mass is 10.1. The maximum absolute atomic E-state index is 14.5. The van der Waals surface area contributed by atoms with Gasteiger partial charge in [0.1, 0.15) is 11.6 Å². The van der Waals surface area contributed by atoms with Crippen molar-refractivity contribution in [2.24, 2.45) is 0 Å². The fourth-order valence-electron chi connectivity index (χ4n) is 3.67. The quantitative estimate of drug-likeness (QED) is 0.653. The summed E-state index contributed by atoms with van der Waals surface area (Å²) in [7, 11) is 1.32. The minimum absolute atomic E-state index is 0.0582. The molecule has 1 aliphatic rings. The zero-order valence-electron chi connectivity index (χ0n) is 13.7. The third kappa shape index (κ3) is 2.57. The minimum atomic E-state index is -0.616. The number of carbonyl (C=O) groups is 1. The van der Waals surface area contributed by atoms with Crippen LogP contribution >= 0.6 is 0 Å². The third-order valence-corrected chi connectivity index (χ3v) is 4.80. The van der Waals surface area contributed by atoms with Crippen LogP contribution in [-0.2, 0) is 9.47 Å². The van der Waals surface area contributed by atoms with E-state index in [-0.39, 0.29) is 6.04 Å². The molecular weight excluding hydrogens is 328 g/mol. The molecule has 2 aromatic carbocycles. The van der Waals surface area contributed by atoms with Gasteiger partial charge >= 0.3 is 5.97 Å². The van der Waals surface area contributed by atoms with Gasteiger partial charge in [-0.1, -0.05) is 6.07 Å². The Bertz CT molecular complexity index is 974. The fourth-order valence-corrected chi connectivity index (χ4v) is 3.67. The van der Waals surface area contributed by atoms with Gasteiger partial charge in [0, 0.05) is 36.1 Å². The van der Waals surface area contributed by atoms with Gasteiger partial charge < -0.3 is 14.0 Å². The van der Waals surface area contributed by atoms with Crippen molar-refractivity contribution < 1.29 is 23.0 Å². The lowest BCUT2D eigenvalue weighted by Gasteiger charge is -2.25. The van der Waals surface area contributed by atoms with Gasteiger partial charge in [-0.3, -0.25) is 0 Å². The Hall–Kier alpha value is -2.47. The van der Waals surface area contributed by atoms with Crippen molar-refractivity contribution in [3.05, 3.63) is 47.5 Å². The SMILES string of the molecule is COC(=O)c1ccc2c3c(F)cc(F)cc3n(C3CCOCC3)c2c1. The third-order valence-electron chi connectivity index (χ3n) is 4.80. The number of rotatable bonds is 2. The molecule has 3 aromatic rings. The predicted molar refractivity (Wildman–Crippen MR) is 89.8 cm³/mol. The van der Waals surface area contributed by atoms with Gasteiger partial charge in [-0.2, -0.15) is 0 Å². The average Bonchev–Trinajstić information content (AvgIpc) is 2.95. The fraction of sp³-hybridized carbons (Fsp3) is 0.316. The zero-order valence-corrected chi connectivity index (χ0v) is 13.7. The molecule has 1 fully saturated rings. The van der Waals surface area contributed by atoms with Crippen LogP contribution in [0.3, 0.4) is 0 Å². The van der Waals surface area contributed by atoms with Crippen LogP contribution in [0.5, 0.6) is 0 Å². The lowest BCUT2D eigenvalue weighted by molar-refractivity contribution is 0.0600. The van der Waals surface area contributed by atoms with Gasteiger partial charge in [0.15, 0.2) is 0 Å². The molecule has 130 valence electrons. The van der Waals surface area contributed by atoms with Crippen molar-refractivity contribution in [2.45, 2.75) is 18.9 Å². The topological polar surface area (TPSA) is 40.5 Å². The second-order valence-corrected chi connectivity index (χ2v) is 6.22. The van der Waals surface area contributed by atoms with Crippen LogP contribution in [-0.4, -0.2) is 30.9 Å². The van der Waals surface area contributed by atoms with Crippen molar-refractivity contribution in [1.82, 2.24) is 4.57 Å². The van der Waals surface area contributed by atoms with E-state index in [1.807, 2.05) is 4.57 Å². The Labute approximate surface area is 142 Å². The van der Waals surface area contributed by atoms with Crippen molar-refractivity contribution in [3.8, 4) is 0 Å². The van der Waals surface area contributed by atoms with E-state index in [4.69, 9.17) is 9.47 Å². The highest BCUT2D eigenvalue weighted by Gasteiger charge is 2.24. The highest BCUT2D eigenvalue weighted by Crippen LogP contribution is 2.37. The summed E-state index contributed by atoms with van der Waals surface area (Å²) >= 11 is 0. The van der Waals surface area contributed by atoms with Gasteiger partial charge in [-0.15, -0.1) is 0 Å². The first-order valence-electron chi connectivity index (χ1n) is 8.19. The minimum Gasteiger partial charge on any atom is -0.465 e. The average molecular weight is 345 g/mol. The number of benzene rings is 2. The number of ether oxygens (including phenoxy) is 2. The Morgan fingerprint density at radius 3 is 2.64 bits per heavy atom. The molecule has 0 radical (unpaired) electrons. The van der Waals surface area contributed by atoms with E-state index < -0.39 is 17.6 Å². The van der Waals surface area contributed by atoms with Crippen LogP contribution in [0.25, 0.3) is 21.8 Å². The largest absolute Gasteiger partial charge is 0.465 e. The van der Waals surface area contributed by atoms with E-state index in [1.165, 1.54) is 13.2 Å². The number of esters is 1. The number of methoxy groups -OCH3 is 1. The molecule has 6 heteroatoms. The van der Waals surface area contributed by atoms with E-state index >= 15 is 0 Å². The summed E-state index contributed by atoms with van der Waals surface area (Å²) in [6, 6.07) is 7.29. The summed E-state index contributed by atoms with van der Waals surface area (Å²) in [5, 5.41) is 1.03. The number of aromatic nitrogens is 1. The Kier molecular flexibility index (Phi) is 3.92.